The second-order valence-electron chi connectivity index (χ2n) is 7.75. The lowest BCUT2D eigenvalue weighted by Crippen LogP contribution is -2.38. The molecule has 2 unspecified atom stereocenters. The molecule has 1 aliphatic heterocycles. The van der Waals surface area contributed by atoms with Crippen LogP contribution in [0.15, 0.2) is 46.3 Å². The van der Waals surface area contributed by atoms with E-state index in [4.69, 9.17) is 16.3 Å². The number of fused-ring (bicyclic) bond motifs is 1. The van der Waals surface area contributed by atoms with Gasteiger partial charge in [-0.25, -0.2) is 0 Å². The van der Waals surface area contributed by atoms with E-state index < -0.39 is 17.8 Å². The third kappa shape index (κ3) is 4.50. The smallest absolute Gasteiger partial charge is 0.315 e. The lowest BCUT2D eigenvalue weighted by atomic mass is 9.76. The average Bonchev–Trinajstić information content (AvgIpc) is 2.69. The van der Waals surface area contributed by atoms with E-state index in [1.54, 1.807) is 30.7 Å². The van der Waals surface area contributed by atoms with Crippen molar-refractivity contribution in [2.75, 3.05) is 27.2 Å². The van der Waals surface area contributed by atoms with Gasteiger partial charge in [0, 0.05) is 29.4 Å². The van der Waals surface area contributed by atoms with Crippen molar-refractivity contribution in [2.24, 2.45) is 10.9 Å². The number of aryl methyl sites for hydroxylation is 1. The number of hydrogen-bond donors (Lipinski definition) is 0. The molecule has 0 aliphatic carbocycles. The molecular weight excluding hydrogens is 402 g/mol. The first-order valence-electron chi connectivity index (χ1n) is 10.2. The van der Waals surface area contributed by atoms with Gasteiger partial charge in [0.2, 0.25) is 0 Å². The molecule has 0 saturated carbocycles. The summed E-state index contributed by atoms with van der Waals surface area (Å²) < 4.78 is 7.04. The van der Waals surface area contributed by atoms with E-state index >= 15 is 0 Å². The van der Waals surface area contributed by atoms with Gasteiger partial charge in [-0.05, 0) is 58.6 Å². The van der Waals surface area contributed by atoms with Gasteiger partial charge < -0.3 is 14.2 Å². The topological polar surface area (TPSA) is 63.9 Å². The predicted molar refractivity (Wildman–Crippen MR) is 120 cm³/mol. The van der Waals surface area contributed by atoms with Crippen LogP contribution in [0.1, 0.15) is 37.3 Å². The van der Waals surface area contributed by atoms with Crippen LogP contribution in [0, 0.1) is 5.92 Å². The monoisotopic (exact) mass is 429 g/mol. The molecule has 2 heterocycles. The van der Waals surface area contributed by atoms with Crippen LogP contribution in [0.2, 0.25) is 5.02 Å². The molecule has 0 amide bonds. The zero-order valence-electron chi connectivity index (χ0n) is 17.9. The van der Waals surface area contributed by atoms with Crippen molar-refractivity contribution in [3.05, 3.63) is 63.0 Å². The van der Waals surface area contributed by atoms with Gasteiger partial charge in [0.1, 0.15) is 5.92 Å². The normalized spacial score (nSPS) is 18.1. The Labute approximate surface area is 182 Å². The SMILES string of the molecule is CCOC(=O)C1C(C)=Nc2ccn(CCCN(C)C)c(=O)c2C1c1ccccc1Cl. The van der Waals surface area contributed by atoms with Crippen molar-refractivity contribution in [1.29, 1.82) is 0 Å². The quantitative estimate of drug-likeness (QED) is 0.627. The Morgan fingerprint density at radius 1 is 1.27 bits per heavy atom. The van der Waals surface area contributed by atoms with Crippen molar-refractivity contribution < 1.29 is 9.53 Å². The Balaban J connectivity index is 2.16. The van der Waals surface area contributed by atoms with E-state index in [2.05, 4.69) is 9.89 Å². The molecule has 7 heteroatoms. The minimum Gasteiger partial charge on any atom is -0.465 e. The van der Waals surface area contributed by atoms with Crippen LogP contribution < -0.4 is 5.56 Å². The van der Waals surface area contributed by atoms with E-state index in [1.165, 1.54) is 0 Å². The number of rotatable bonds is 7. The second-order valence-corrected chi connectivity index (χ2v) is 8.16. The average molecular weight is 430 g/mol. The number of halogens is 1. The zero-order valence-corrected chi connectivity index (χ0v) is 18.6. The predicted octanol–water partition coefficient (Wildman–Crippen LogP) is 3.87. The van der Waals surface area contributed by atoms with E-state index in [0.29, 0.717) is 28.5 Å². The van der Waals surface area contributed by atoms with Crippen LogP contribution in [0.5, 0.6) is 0 Å². The summed E-state index contributed by atoms with van der Waals surface area (Å²) in [6, 6.07) is 9.19. The number of hydrogen-bond acceptors (Lipinski definition) is 5. The van der Waals surface area contributed by atoms with Crippen LogP contribution in [0.3, 0.4) is 0 Å². The maximum atomic E-state index is 13.5. The number of benzene rings is 1. The molecule has 160 valence electrons. The van der Waals surface area contributed by atoms with Crippen molar-refractivity contribution >= 4 is 29.0 Å². The van der Waals surface area contributed by atoms with Gasteiger partial charge in [0.25, 0.3) is 5.56 Å². The molecule has 3 rings (SSSR count). The largest absolute Gasteiger partial charge is 0.465 e. The minimum atomic E-state index is -0.692. The molecule has 6 nitrogen and oxygen atoms in total. The molecule has 1 aromatic heterocycles. The Morgan fingerprint density at radius 3 is 2.67 bits per heavy atom. The molecular formula is C23H28ClN3O3. The number of nitrogens with zero attached hydrogens (tertiary/aromatic N) is 3. The van der Waals surface area contributed by atoms with Crippen molar-refractivity contribution in [1.82, 2.24) is 9.47 Å². The Hall–Kier alpha value is -2.44. The van der Waals surface area contributed by atoms with Crippen LogP contribution in [0.4, 0.5) is 5.69 Å². The lowest BCUT2D eigenvalue weighted by molar-refractivity contribution is -0.146. The second kappa shape index (κ2) is 9.58. The third-order valence-electron chi connectivity index (χ3n) is 5.36. The van der Waals surface area contributed by atoms with Crippen LogP contribution in [-0.2, 0) is 16.1 Å². The molecule has 2 atom stereocenters. The van der Waals surface area contributed by atoms with E-state index in [-0.39, 0.29) is 12.2 Å². The summed E-state index contributed by atoms with van der Waals surface area (Å²) in [6.45, 7) is 5.29. The molecule has 1 aromatic carbocycles. The van der Waals surface area contributed by atoms with Crippen LogP contribution in [-0.4, -0.2) is 48.4 Å². The Morgan fingerprint density at radius 2 is 2.00 bits per heavy atom. The molecule has 2 aromatic rings. The Bertz CT molecular complexity index is 1010. The Kier molecular flexibility index (Phi) is 7.10. The van der Waals surface area contributed by atoms with Crippen LogP contribution >= 0.6 is 11.6 Å². The first kappa shape index (κ1) is 22.2. The number of aliphatic imine (C=N–C) groups is 1. The summed E-state index contributed by atoms with van der Waals surface area (Å²) >= 11 is 6.52. The molecule has 0 radical (unpaired) electrons. The highest BCUT2D eigenvalue weighted by molar-refractivity contribution is 6.31. The highest BCUT2D eigenvalue weighted by Gasteiger charge is 2.41. The molecule has 30 heavy (non-hydrogen) atoms. The highest BCUT2D eigenvalue weighted by atomic mass is 35.5. The van der Waals surface area contributed by atoms with E-state index in [1.807, 2.05) is 38.4 Å². The van der Waals surface area contributed by atoms with Crippen molar-refractivity contribution in [3.8, 4) is 0 Å². The van der Waals surface area contributed by atoms with Gasteiger partial charge in [0.05, 0.1) is 17.9 Å². The van der Waals surface area contributed by atoms with E-state index in [9.17, 15) is 9.59 Å². The van der Waals surface area contributed by atoms with Crippen molar-refractivity contribution in [3.63, 3.8) is 0 Å². The number of esters is 1. The number of carbonyl (C=O) groups is 1. The van der Waals surface area contributed by atoms with Gasteiger partial charge in [-0.2, -0.15) is 0 Å². The lowest BCUT2D eigenvalue weighted by Gasteiger charge is -2.31. The van der Waals surface area contributed by atoms with Gasteiger partial charge in [-0.3, -0.25) is 14.6 Å². The summed E-state index contributed by atoms with van der Waals surface area (Å²) in [5.41, 5.74) is 2.30. The summed E-state index contributed by atoms with van der Waals surface area (Å²) in [5.74, 6) is -1.63. The van der Waals surface area contributed by atoms with Gasteiger partial charge >= 0.3 is 5.97 Å². The van der Waals surface area contributed by atoms with E-state index in [0.717, 1.165) is 18.5 Å². The first-order valence-corrected chi connectivity index (χ1v) is 10.6. The summed E-state index contributed by atoms with van der Waals surface area (Å²) in [5, 5.41) is 0.514. The number of aromatic nitrogens is 1. The van der Waals surface area contributed by atoms with Crippen LogP contribution in [0.25, 0.3) is 0 Å². The molecule has 1 aliphatic rings. The summed E-state index contributed by atoms with van der Waals surface area (Å²) in [7, 11) is 4.01. The molecule has 0 bridgehead atoms. The van der Waals surface area contributed by atoms with Gasteiger partial charge in [0.15, 0.2) is 0 Å². The standard InChI is InChI=1S/C23H28ClN3O3/c1-5-30-23(29)19-15(2)25-18-11-14-27(13-8-12-26(3)4)22(28)21(18)20(19)16-9-6-7-10-17(16)24/h6-7,9-11,14,19-20H,5,8,12-13H2,1-4H3. The van der Waals surface area contributed by atoms with Gasteiger partial charge in [-0.15, -0.1) is 0 Å². The summed E-state index contributed by atoms with van der Waals surface area (Å²) in [4.78, 5) is 33.1. The maximum Gasteiger partial charge on any atom is 0.315 e. The zero-order chi connectivity index (χ0) is 21.8. The molecule has 0 fully saturated rings. The molecule has 0 saturated heterocycles. The molecule has 0 spiro atoms. The highest BCUT2D eigenvalue weighted by Crippen LogP contribution is 2.43. The number of carbonyl (C=O) groups excluding carboxylic acids is 1. The minimum absolute atomic E-state index is 0.137. The molecule has 0 N–H and O–H groups in total. The third-order valence-corrected chi connectivity index (χ3v) is 5.70. The number of ether oxygens (including phenoxy) is 1. The fraction of sp³-hybridized carbons (Fsp3) is 0.435. The van der Waals surface area contributed by atoms with Crippen molar-refractivity contribution in [2.45, 2.75) is 32.7 Å². The number of pyridine rings is 1. The summed E-state index contributed by atoms with van der Waals surface area (Å²) in [6.07, 6.45) is 2.62. The fourth-order valence-corrected chi connectivity index (χ4v) is 4.23. The fourth-order valence-electron chi connectivity index (χ4n) is 3.97. The maximum absolute atomic E-state index is 13.5. The van der Waals surface area contributed by atoms with Gasteiger partial charge in [-0.1, -0.05) is 29.8 Å². The first-order chi connectivity index (χ1) is 14.3.